The first kappa shape index (κ1) is 23.0. The molecular formula is C22H33N3O4S. The van der Waals surface area contributed by atoms with Crippen molar-refractivity contribution in [1.29, 1.82) is 5.26 Å². The summed E-state index contributed by atoms with van der Waals surface area (Å²) < 4.78 is 38.0. The van der Waals surface area contributed by atoms with Crippen LogP contribution in [0.15, 0.2) is 18.2 Å². The second kappa shape index (κ2) is 10.6. The molecule has 3 rings (SSSR count). The van der Waals surface area contributed by atoms with Crippen molar-refractivity contribution in [3.05, 3.63) is 29.3 Å². The van der Waals surface area contributed by atoms with Crippen LogP contribution < -0.4 is 14.8 Å². The molecule has 1 aromatic carbocycles. The van der Waals surface area contributed by atoms with Crippen molar-refractivity contribution in [3.8, 4) is 11.8 Å². The Morgan fingerprint density at radius 3 is 2.67 bits per heavy atom. The number of piperidine rings is 1. The van der Waals surface area contributed by atoms with Crippen LogP contribution in [0.2, 0.25) is 0 Å². The SMILES string of the molecule is CCOc1ccc(C#N)cc1C1CCC(OC[C@@H]2NCCC[C@@H]2NS(C)(=O)=O)CC1. The van der Waals surface area contributed by atoms with E-state index in [1.165, 1.54) is 6.26 Å². The molecule has 2 atom stereocenters. The third kappa shape index (κ3) is 6.42. The molecule has 7 nitrogen and oxygen atoms in total. The van der Waals surface area contributed by atoms with Crippen molar-refractivity contribution in [2.45, 2.75) is 69.6 Å². The molecule has 0 aromatic heterocycles. The quantitative estimate of drug-likeness (QED) is 0.651. The molecule has 2 N–H and O–H groups in total. The predicted octanol–water partition coefficient (Wildman–Crippen LogP) is 2.67. The fraction of sp³-hybridized carbons (Fsp3) is 0.682. The molecule has 0 amide bonds. The highest BCUT2D eigenvalue weighted by Gasteiger charge is 2.30. The highest BCUT2D eigenvalue weighted by Crippen LogP contribution is 2.39. The zero-order valence-electron chi connectivity index (χ0n) is 17.9. The minimum absolute atomic E-state index is 0.00284. The lowest BCUT2D eigenvalue weighted by atomic mass is 9.82. The van der Waals surface area contributed by atoms with E-state index in [-0.39, 0.29) is 18.2 Å². The van der Waals surface area contributed by atoms with E-state index in [1.54, 1.807) is 6.07 Å². The molecule has 8 heteroatoms. The minimum Gasteiger partial charge on any atom is -0.494 e. The Bertz CT molecular complexity index is 844. The Morgan fingerprint density at radius 1 is 1.23 bits per heavy atom. The fourth-order valence-electron chi connectivity index (χ4n) is 4.55. The second-order valence-electron chi connectivity index (χ2n) is 8.30. The van der Waals surface area contributed by atoms with E-state index in [4.69, 9.17) is 9.47 Å². The van der Waals surface area contributed by atoms with Gasteiger partial charge >= 0.3 is 0 Å². The average molecular weight is 436 g/mol. The number of hydrogen-bond donors (Lipinski definition) is 2. The summed E-state index contributed by atoms with van der Waals surface area (Å²) in [5.74, 6) is 1.24. The van der Waals surface area contributed by atoms with Gasteiger partial charge in [-0.05, 0) is 81.7 Å². The normalized spacial score (nSPS) is 27.4. The van der Waals surface area contributed by atoms with Crippen LogP contribution in [-0.4, -0.2) is 52.6 Å². The van der Waals surface area contributed by atoms with Gasteiger partial charge < -0.3 is 14.8 Å². The van der Waals surface area contributed by atoms with Crippen molar-refractivity contribution in [2.75, 3.05) is 26.0 Å². The summed E-state index contributed by atoms with van der Waals surface area (Å²) in [7, 11) is -3.23. The van der Waals surface area contributed by atoms with Crippen molar-refractivity contribution in [3.63, 3.8) is 0 Å². The third-order valence-electron chi connectivity index (χ3n) is 6.01. The monoisotopic (exact) mass is 435 g/mol. The highest BCUT2D eigenvalue weighted by molar-refractivity contribution is 7.88. The van der Waals surface area contributed by atoms with Crippen molar-refractivity contribution in [1.82, 2.24) is 10.0 Å². The van der Waals surface area contributed by atoms with Gasteiger partial charge in [0.15, 0.2) is 0 Å². The van der Waals surface area contributed by atoms with Crippen LogP contribution in [0.25, 0.3) is 0 Å². The standard InChI is InChI=1S/C22H33N3O4S/c1-3-28-22-11-6-16(14-23)13-19(22)17-7-9-18(10-8-17)29-15-21-20(5-4-12-24-21)25-30(2,26)27/h6,11,13,17-18,20-21,24-25H,3-5,7-10,12,15H2,1-2H3/t17?,18?,20-,21-/m0/s1. The molecule has 1 aliphatic carbocycles. The maximum absolute atomic E-state index is 11.6. The van der Waals surface area contributed by atoms with E-state index in [2.05, 4.69) is 16.1 Å². The number of nitrogens with zero attached hydrogens (tertiary/aromatic N) is 1. The van der Waals surface area contributed by atoms with E-state index < -0.39 is 10.0 Å². The van der Waals surface area contributed by atoms with Crippen molar-refractivity contribution >= 4 is 10.0 Å². The van der Waals surface area contributed by atoms with Gasteiger partial charge in [0.05, 0.1) is 37.2 Å². The first-order chi connectivity index (χ1) is 14.4. The van der Waals surface area contributed by atoms with Gasteiger partial charge in [-0.15, -0.1) is 0 Å². The first-order valence-electron chi connectivity index (χ1n) is 10.9. The van der Waals surface area contributed by atoms with Gasteiger partial charge in [0, 0.05) is 12.1 Å². The van der Waals surface area contributed by atoms with Gasteiger partial charge in [-0.25, -0.2) is 13.1 Å². The number of rotatable bonds is 8. The summed E-state index contributed by atoms with van der Waals surface area (Å²) in [5.41, 5.74) is 1.79. The van der Waals surface area contributed by atoms with Crippen LogP contribution in [0, 0.1) is 11.3 Å². The Hall–Kier alpha value is -1.66. The van der Waals surface area contributed by atoms with Gasteiger partial charge in [0.1, 0.15) is 5.75 Å². The lowest BCUT2D eigenvalue weighted by Gasteiger charge is -2.35. The van der Waals surface area contributed by atoms with Crippen LogP contribution in [0.3, 0.4) is 0 Å². The second-order valence-corrected chi connectivity index (χ2v) is 10.1. The Labute approximate surface area is 180 Å². The van der Waals surface area contributed by atoms with E-state index in [1.807, 2.05) is 19.1 Å². The van der Waals surface area contributed by atoms with Gasteiger partial charge in [0.25, 0.3) is 0 Å². The van der Waals surface area contributed by atoms with E-state index in [0.29, 0.717) is 24.7 Å². The maximum Gasteiger partial charge on any atom is 0.209 e. The molecule has 0 unspecified atom stereocenters. The summed E-state index contributed by atoms with van der Waals surface area (Å²) in [6.07, 6.45) is 7.05. The van der Waals surface area contributed by atoms with Crippen LogP contribution in [-0.2, 0) is 14.8 Å². The number of nitrogens with one attached hydrogen (secondary N) is 2. The number of hydrogen-bond acceptors (Lipinski definition) is 6. The molecule has 1 aromatic rings. The zero-order chi connectivity index (χ0) is 21.6. The molecule has 30 heavy (non-hydrogen) atoms. The Kier molecular flexibility index (Phi) is 8.12. The van der Waals surface area contributed by atoms with Crippen LogP contribution in [0.5, 0.6) is 5.75 Å². The number of benzene rings is 1. The van der Waals surface area contributed by atoms with Gasteiger partial charge in [-0.1, -0.05) is 0 Å². The molecular weight excluding hydrogens is 402 g/mol. The number of sulfonamides is 1. The molecule has 1 heterocycles. The molecule has 0 radical (unpaired) electrons. The largest absolute Gasteiger partial charge is 0.494 e. The Morgan fingerprint density at radius 2 is 2.00 bits per heavy atom. The van der Waals surface area contributed by atoms with E-state index in [0.717, 1.165) is 56.4 Å². The topological polar surface area (TPSA) is 100 Å². The van der Waals surface area contributed by atoms with Gasteiger partial charge in [-0.3, -0.25) is 0 Å². The van der Waals surface area contributed by atoms with Crippen molar-refractivity contribution < 1.29 is 17.9 Å². The van der Waals surface area contributed by atoms with Crippen LogP contribution in [0.4, 0.5) is 0 Å². The summed E-state index contributed by atoms with van der Waals surface area (Å²) in [6.45, 7) is 3.97. The maximum atomic E-state index is 11.6. The van der Waals surface area contributed by atoms with E-state index in [9.17, 15) is 13.7 Å². The zero-order valence-corrected chi connectivity index (χ0v) is 18.7. The predicted molar refractivity (Wildman–Crippen MR) is 116 cm³/mol. The Balaban J connectivity index is 1.54. The molecule has 0 spiro atoms. The molecule has 0 bridgehead atoms. The summed E-state index contributed by atoms with van der Waals surface area (Å²) in [5, 5.41) is 12.7. The molecule has 166 valence electrons. The van der Waals surface area contributed by atoms with Crippen LogP contribution >= 0.6 is 0 Å². The van der Waals surface area contributed by atoms with E-state index >= 15 is 0 Å². The lowest BCUT2D eigenvalue weighted by molar-refractivity contribution is 0.00511. The number of nitriles is 1. The average Bonchev–Trinajstić information content (AvgIpc) is 2.73. The van der Waals surface area contributed by atoms with Crippen molar-refractivity contribution in [2.24, 2.45) is 0 Å². The third-order valence-corrected chi connectivity index (χ3v) is 6.74. The smallest absolute Gasteiger partial charge is 0.209 e. The summed E-state index contributed by atoms with van der Waals surface area (Å²) >= 11 is 0. The highest BCUT2D eigenvalue weighted by atomic mass is 32.2. The lowest BCUT2D eigenvalue weighted by Crippen LogP contribution is -2.55. The number of ether oxygens (including phenoxy) is 2. The van der Waals surface area contributed by atoms with Gasteiger partial charge in [0.2, 0.25) is 10.0 Å². The molecule has 1 saturated heterocycles. The fourth-order valence-corrected chi connectivity index (χ4v) is 5.38. The first-order valence-corrected chi connectivity index (χ1v) is 12.8. The minimum atomic E-state index is -3.23. The van der Waals surface area contributed by atoms with Crippen LogP contribution in [0.1, 0.15) is 62.5 Å². The molecule has 2 fully saturated rings. The molecule has 2 aliphatic rings. The summed E-state index contributed by atoms with van der Waals surface area (Å²) in [4.78, 5) is 0. The molecule has 1 saturated carbocycles. The van der Waals surface area contributed by atoms with Gasteiger partial charge in [-0.2, -0.15) is 5.26 Å². The summed E-state index contributed by atoms with van der Waals surface area (Å²) in [6, 6.07) is 7.79. The molecule has 1 aliphatic heterocycles.